The Morgan fingerprint density at radius 1 is 1.36 bits per heavy atom. The molecule has 25 heavy (non-hydrogen) atoms. The molecule has 2 aliphatic heterocycles. The van der Waals surface area contributed by atoms with Crippen molar-refractivity contribution in [3.8, 4) is 0 Å². The van der Waals surface area contributed by atoms with Crippen LogP contribution < -0.4 is 0 Å². The Labute approximate surface area is 150 Å². The molecule has 1 aromatic heterocycles. The van der Waals surface area contributed by atoms with Gasteiger partial charge in [-0.1, -0.05) is 0 Å². The number of amides is 1. The van der Waals surface area contributed by atoms with E-state index in [1.54, 1.807) is 0 Å². The third-order valence-electron chi connectivity index (χ3n) is 5.30. The van der Waals surface area contributed by atoms with Gasteiger partial charge in [-0.2, -0.15) is 5.10 Å². The van der Waals surface area contributed by atoms with Crippen LogP contribution >= 0.6 is 0 Å². The summed E-state index contributed by atoms with van der Waals surface area (Å²) < 4.78 is 13.4. The fraction of sp³-hybridized carbons (Fsp3) is 0.789. The number of carbonyl (C=O) groups is 1. The smallest absolute Gasteiger partial charge is 0.251 e. The van der Waals surface area contributed by atoms with Gasteiger partial charge in [0.25, 0.3) is 5.91 Å². The van der Waals surface area contributed by atoms with Crippen molar-refractivity contribution in [3.05, 3.63) is 17.5 Å². The van der Waals surface area contributed by atoms with Crippen molar-refractivity contribution in [1.29, 1.82) is 0 Å². The minimum Gasteiger partial charge on any atom is -0.376 e. The van der Waals surface area contributed by atoms with Crippen LogP contribution in [-0.2, 0) is 20.8 Å². The number of aromatic nitrogens is 2. The Morgan fingerprint density at radius 3 is 2.88 bits per heavy atom. The molecule has 3 rings (SSSR count). The lowest BCUT2D eigenvalue weighted by Gasteiger charge is -2.37. The number of rotatable bonds is 6. The summed E-state index contributed by atoms with van der Waals surface area (Å²) in [6.45, 7) is 8.86. The van der Waals surface area contributed by atoms with Crippen molar-refractivity contribution in [1.82, 2.24) is 14.7 Å². The Balaban J connectivity index is 1.58. The predicted octanol–water partition coefficient (Wildman–Crippen LogP) is 2.47. The first kappa shape index (κ1) is 18.4. The van der Waals surface area contributed by atoms with Gasteiger partial charge >= 0.3 is 0 Å². The Kier molecular flexibility index (Phi) is 6.12. The molecule has 6 nitrogen and oxygen atoms in total. The molecule has 0 bridgehead atoms. The van der Waals surface area contributed by atoms with Crippen LogP contribution in [0.1, 0.15) is 50.4 Å². The summed E-state index contributed by atoms with van der Waals surface area (Å²) in [7, 11) is 0. The molecule has 0 unspecified atom stereocenters. The van der Waals surface area contributed by atoms with Gasteiger partial charge in [0.15, 0.2) is 0 Å². The highest BCUT2D eigenvalue weighted by Gasteiger charge is 2.31. The summed E-state index contributed by atoms with van der Waals surface area (Å²) in [5.41, 5.74) is 2.18. The van der Waals surface area contributed by atoms with Crippen molar-refractivity contribution in [2.24, 2.45) is 0 Å². The van der Waals surface area contributed by atoms with Crippen molar-refractivity contribution in [2.75, 3.05) is 19.8 Å². The number of nitrogens with zero attached hydrogens (tertiary/aromatic N) is 3. The van der Waals surface area contributed by atoms with Gasteiger partial charge < -0.3 is 14.4 Å². The molecule has 0 radical (unpaired) electrons. The second-order valence-corrected chi connectivity index (χ2v) is 7.40. The molecular formula is C19H31N3O3. The predicted molar refractivity (Wildman–Crippen MR) is 95.4 cm³/mol. The van der Waals surface area contributed by atoms with E-state index in [1.807, 2.05) is 23.4 Å². The normalized spacial score (nSPS) is 25.3. The summed E-state index contributed by atoms with van der Waals surface area (Å²) in [6.07, 6.45) is 5.13. The topological polar surface area (TPSA) is 56.6 Å². The Morgan fingerprint density at radius 2 is 2.20 bits per heavy atom. The van der Waals surface area contributed by atoms with Crippen LogP contribution in [0.2, 0.25) is 0 Å². The van der Waals surface area contributed by atoms with Crippen LogP contribution in [0, 0.1) is 13.8 Å². The average Bonchev–Trinajstić information content (AvgIpc) is 3.22. The number of likely N-dealkylation sites (tertiary alicyclic amines) is 1. The lowest BCUT2D eigenvalue weighted by atomic mass is 10.0. The lowest BCUT2D eigenvalue weighted by Crippen LogP contribution is -2.50. The molecule has 1 amide bonds. The molecule has 0 N–H and O–H groups in total. The van der Waals surface area contributed by atoms with Crippen LogP contribution in [-0.4, -0.2) is 58.6 Å². The van der Waals surface area contributed by atoms with E-state index < -0.39 is 6.10 Å². The van der Waals surface area contributed by atoms with Crippen LogP contribution in [0.15, 0.2) is 6.07 Å². The fourth-order valence-electron chi connectivity index (χ4n) is 3.87. The van der Waals surface area contributed by atoms with Crippen LogP contribution in [0.3, 0.4) is 0 Å². The number of aryl methyl sites for hydroxylation is 2. The molecule has 2 fully saturated rings. The molecule has 0 spiro atoms. The number of hydrogen-bond acceptors (Lipinski definition) is 4. The van der Waals surface area contributed by atoms with Crippen molar-refractivity contribution >= 4 is 5.91 Å². The average molecular weight is 349 g/mol. The highest BCUT2D eigenvalue weighted by molar-refractivity contribution is 5.81. The van der Waals surface area contributed by atoms with Gasteiger partial charge in [-0.15, -0.1) is 0 Å². The van der Waals surface area contributed by atoms with Crippen LogP contribution in [0.25, 0.3) is 0 Å². The molecular weight excluding hydrogens is 318 g/mol. The lowest BCUT2D eigenvalue weighted by molar-refractivity contribution is -0.148. The van der Waals surface area contributed by atoms with Gasteiger partial charge in [0.1, 0.15) is 6.10 Å². The number of hydrogen-bond donors (Lipinski definition) is 0. The zero-order chi connectivity index (χ0) is 17.8. The van der Waals surface area contributed by atoms with E-state index in [0.29, 0.717) is 6.61 Å². The zero-order valence-corrected chi connectivity index (χ0v) is 15.7. The molecule has 140 valence electrons. The Hall–Kier alpha value is -1.40. The third kappa shape index (κ3) is 4.61. The van der Waals surface area contributed by atoms with E-state index in [2.05, 4.69) is 18.1 Å². The van der Waals surface area contributed by atoms with E-state index in [4.69, 9.17) is 9.47 Å². The van der Waals surface area contributed by atoms with Crippen LogP contribution in [0.4, 0.5) is 0 Å². The van der Waals surface area contributed by atoms with Gasteiger partial charge in [-0.25, -0.2) is 0 Å². The number of carbonyl (C=O) groups excluding carboxylic acids is 1. The summed E-state index contributed by atoms with van der Waals surface area (Å²) >= 11 is 0. The molecule has 0 saturated carbocycles. The summed E-state index contributed by atoms with van der Waals surface area (Å²) in [5.74, 6) is 0.101. The van der Waals surface area contributed by atoms with E-state index >= 15 is 0 Å². The van der Waals surface area contributed by atoms with Crippen molar-refractivity contribution < 1.29 is 14.3 Å². The largest absolute Gasteiger partial charge is 0.376 e. The van der Waals surface area contributed by atoms with E-state index in [1.165, 1.54) is 6.42 Å². The minimum absolute atomic E-state index is 0.101. The maximum atomic E-state index is 12.9. The molecule has 3 atom stereocenters. The first-order chi connectivity index (χ1) is 12.0. The van der Waals surface area contributed by atoms with Gasteiger partial charge in [-0.3, -0.25) is 9.48 Å². The first-order valence-electron chi connectivity index (χ1n) is 9.59. The quantitative estimate of drug-likeness (QED) is 0.792. The molecule has 0 aromatic carbocycles. The highest BCUT2D eigenvalue weighted by Crippen LogP contribution is 2.21. The number of piperidine rings is 1. The maximum absolute atomic E-state index is 12.9. The van der Waals surface area contributed by atoms with E-state index in [9.17, 15) is 4.79 Å². The highest BCUT2D eigenvalue weighted by atomic mass is 16.5. The molecule has 3 heterocycles. The van der Waals surface area contributed by atoms with Gasteiger partial charge in [0, 0.05) is 18.8 Å². The van der Waals surface area contributed by atoms with E-state index in [-0.39, 0.29) is 18.1 Å². The maximum Gasteiger partial charge on any atom is 0.251 e. The first-order valence-corrected chi connectivity index (χ1v) is 9.59. The van der Waals surface area contributed by atoms with Crippen LogP contribution in [0.5, 0.6) is 0 Å². The van der Waals surface area contributed by atoms with Gasteiger partial charge in [0.2, 0.25) is 0 Å². The molecule has 0 aliphatic carbocycles. The van der Waals surface area contributed by atoms with Crippen molar-refractivity contribution in [2.45, 2.75) is 77.7 Å². The molecule has 1 aromatic rings. The third-order valence-corrected chi connectivity index (χ3v) is 5.30. The second kappa shape index (κ2) is 8.32. The molecule has 2 aliphatic rings. The summed E-state index contributed by atoms with van der Waals surface area (Å²) in [6, 6.07) is 2.29. The monoisotopic (exact) mass is 349 g/mol. The number of ether oxygens (including phenoxy) is 2. The fourth-order valence-corrected chi connectivity index (χ4v) is 3.87. The SMILES string of the molecule is Cc1cc(C)n(C[C@@H]2CCCCN2C(=O)[C@H](C)OC[C@H]2CCCO2)n1. The van der Waals surface area contributed by atoms with Gasteiger partial charge in [0.05, 0.1) is 31.0 Å². The Bertz CT molecular complexity index is 580. The second-order valence-electron chi connectivity index (χ2n) is 7.40. The zero-order valence-electron chi connectivity index (χ0n) is 15.7. The summed E-state index contributed by atoms with van der Waals surface area (Å²) in [4.78, 5) is 14.9. The van der Waals surface area contributed by atoms with Gasteiger partial charge in [-0.05, 0) is 58.9 Å². The standard InChI is InChI=1S/C19H31N3O3/c1-14-11-15(2)22(20-14)12-17-7-4-5-9-21(17)19(23)16(3)25-13-18-8-6-10-24-18/h11,16-18H,4-10,12-13H2,1-3H3/t16-,17-,18+/m0/s1. The molecule has 2 saturated heterocycles. The van der Waals surface area contributed by atoms with E-state index in [0.717, 1.165) is 56.8 Å². The minimum atomic E-state index is -0.412. The summed E-state index contributed by atoms with van der Waals surface area (Å²) in [5, 5.41) is 4.56. The molecule has 6 heteroatoms. The van der Waals surface area contributed by atoms with Crippen molar-refractivity contribution in [3.63, 3.8) is 0 Å².